The standard InChI is InChI=1S/C17H11F3N6O2/c18-17(19,20)9-2-1-5-23-10(9)3-4-12(27)14-15(22)26-13(11(8-21)25-14)16-24-6-7-28-16/h1-2,5-7H,3-4H2,(H2,22,26). The molecule has 0 fully saturated rings. The Morgan fingerprint density at radius 2 is 2.04 bits per heavy atom. The lowest BCUT2D eigenvalue weighted by Crippen LogP contribution is -2.14. The fraction of sp³-hybridized carbons (Fsp3) is 0.176. The molecule has 3 aromatic heterocycles. The molecule has 142 valence electrons. The number of alkyl halides is 3. The predicted octanol–water partition coefficient (Wildman–Crippen LogP) is 2.81. The molecule has 3 heterocycles. The first-order valence-corrected chi connectivity index (χ1v) is 7.83. The zero-order valence-electron chi connectivity index (χ0n) is 14.1. The van der Waals surface area contributed by atoms with Gasteiger partial charge in [0.25, 0.3) is 0 Å². The highest BCUT2D eigenvalue weighted by molar-refractivity contribution is 5.98. The fourth-order valence-electron chi connectivity index (χ4n) is 2.47. The van der Waals surface area contributed by atoms with Crippen LogP contribution in [0.3, 0.4) is 0 Å². The van der Waals surface area contributed by atoms with E-state index in [1.165, 1.54) is 18.7 Å². The van der Waals surface area contributed by atoms with Gasteiger partial charge < -0.3 is 10.2 Å². The Bertz CT molecular complexity index is 1060. The molecule has 2 N–H and O–H groups in total. The van der Waals surface area contributed by atoms with Crippen LogP contribution in [0.4, 0.5) is 19.0 Å². The van der Waals surface area contributed by atoms with Gasteiger partial charge in [0.05, 0.1) is 17.5 Å². The van der Waals surface area contributed by atoms with Gasteiger partial charge in [-0.05, 0) is 18.6 Å². The summed E-state index contributed by atoms with van der Waals surface area (Å²) >= 11 is 0. The number of oxazole rings is 1. The number of rotatable bonds is 5. The fourth-order valence-corrected chi connectivity index (χ4v) is 2.47. The molecule has 0 aliphatic rings. The molecule has 0 unspecified atom stereocenters. The number of ketones is 1. The van der Waals surface area contributed by atoms with Crippen molar-refractivity contribution in [1.29, 1.82) is 5.26 Å². The maximum absolute atomic E-state index is 13.0. The van der Waals surface area contributed by atoms with Gasteiger partial charge in [-0.25, -0.2) is 15.0 Å². The van der Waals surface area contributed by atoms with Crippen molar-refractivity contribution < 1.29 is 22.4 Å². The van der Waals surface area contributed by atoms with Crippen LogP contribution in [-0.2, 0) is 12.6 Å². The quantitative estimate of drug-likeness (QED) is 0.660. The van der Waals surface area contributed by atoms with Crippen molar-refractivity contribution in [2.24, 2.45) is 0 Å². The number of carbonyl (C=O) groups is 1. The number of pyridine rings is 1. The number of halogens is 3. The second-order valence-electron chi connectivity index (χ2n) is 5.52. The van der Waals surface area contributed by atoms with E-state index in [-0.39, 0.29) is 47.3 Å². The van der Waals surface area contributed by atoms with Crippen molar-refractivity contribution in [2.45, 2.75) is 19.0 Å². The van der Waals surface area contributed by atoms with Gasteiger partial charge in [0.1, 0.15) is 18.0 Å². The van der Waals surface area contributed by atoms with E-state index in [4.69, 9.17) is 10.2 Å². The number of Topliss-reactive ketones (excluding diaryl/α,β-unsaturated/α-hetero) is 1. The van der Waals surface area contributed by atoms with E-state index in [0.717, 1.165) is 12.1 Å². The van der Waals surface area contributed by atoms with Crippen LogP contribution in [0, 0.1) is 11.3 Å². The lowest BCUT2D eigenvalue weighted by molar-refractivity contribution is -0.138. The average molecular weight is 388 g/mol. The lowest BCUT2D eigenvalue weighted by atomic mass is 10.1. The van der Waals surface area contributed by atoms with E-state index in [9.17, 15) is 23.2 Å². The number of nitrogen functional groups attached to an aromatic ring is 1. The van der Waals surface area contributed by atoms with Gasteiger partial charge in [-0.15, -0.1) is 0 Å². The van der Waals surface area contributed by atoms with E-state index >= 15 is 0 Å². The van der Waals surface area contributed by atoms with Crippen LogP contribution in [0.2, 0.25) is 0 Å². The van der Waals surface area contributed by atoms with Gasteiger partial charge in [0.15, 0.2) is 23.0 Å². The van der Waals surface area contributed by atoms with Crippen LogP contribution in [-0.4, -0.2) is 25.7 Å². The number of hydrogen-bond donors (Lipinski definition) is 1. The van der Waals surface area contributed by atoms with Gasteiger partial charge in [-0.2, -0.15) is 18.4 Å². The van der Waals surface area contributed by atoms with E-state index in [2.05, 4.69) is 19.9 Å². The summed E-state index contributed by atoms with van der Waals surface area (Å²) in [6.45, 7) is 0. The maximum Gasteiger partial charge on any atom is 0.418 e. The van der Waals surface area contributed by atoms with Crippen molar-refractivity contribution in [3.8, 4) is 17.7 Å². The molecule has 0 atom stereocenters. The second-order valence-corrected chi connectivity index (χ2v) is 5.52. The Kier molecular flexibility index (Phi) is 5.04. The summed E-state index contributed by atoms with van der Waals surface area (Å²) in [6.07, 6.45) is -1.41. The molecule has 0 amide bonds. The van der Waals surface area contributed by atoms with Crippen LogP contribution in [0.15, 0.2) is 35.2 Å². The molecule has 11 heteroatoms. The predicted molar refractivity (Wildman–Crippen MR) is 88.5 cm³/mol. The molecule has 28 heavy (non-hydrogen) atoms. The smallest absolute Gasteiger partial charge is 0.418 e. The van der Waals surface area contributed by atoms with Crippen LogP contribution in [0.25, 0.3) is 11.6 Å². The van der Waals surface area contributed by atoms with E-state index in [1.807, 2.05) is 0 Å². The summed E-state index contributed by atoms with van der Waals surface area (Å²) in [4.78, 5) is 27.8. The molecular weight excluding hydrogens is 377 g/mol. The number of aryl methyl sites for hydroxylation is 1. The lowest BCUT2D eigenvalue weighted by Gasteiger charge is -2.11. The third-order valence-electron chi connectivity index (χ3n) is 3.71. The number of carbonyl (C=O) groups excluding carboxylic acids is 1. The van der Waals surface area contributed by atoms with Crippen molar-refractivity contribution >= 4 is 11.6 Å². The molecule has 0 radical (unpaired) electrons. The van der Waals surface area contributed by atoms with Gasteiger partial charge in [-0.1, -0.05) is 0 Å². The number of nitrogens with two attached hydrogens (primary N) is 1. The third-order valence-corrected chi connectivity index (χ3v) is 3.71. The summed E-state index contributed by atoms with van der Waals surface area (Å²) in [5.74, 6) is -0.952. The summed E-state index contributed by atoms with van der Waals surface area (Å²) in [5.41, 5.74) is 3.97. The Balaban J connectivity index is 1.86. The van der Waals surface area contributed by atoms with Gasteiger partial charge in [0, 0.05) is 12.6 Å². The van der Waals surface area contributed by atoms with E-state index in [0.29, 0.717) is 0 Å². The minimum atomic E-state index is -4.59. The van der Waals surface area contributed by atoms with E-state index in [1.54, 1.807) is 6.07 Å². The summed E-state index contributed by atoms with van der Waals surface area (Å²) in [5, 5.41) is 9.24. The molecular formula is C17H11F3N6O2. The number of nitriles is 1. The van der Waals surface area contributed by atoms with Gasteiger partial charge in [0.2, 0.25) is 5.89 Å². The summed E-state index contributed by atoms with van der Waals surface area (Å²) < 4.78 is 44.1. The topological polar surface area (TPSA) is 132 Å². The van der Waals surface area contributed by atoms with Crippen molar-refractivity contribution in [2.75, 3.05) is 5.73 Å². The molecule has 0 aliphatic heterocycles. The zero-order chi connectivity index (χ0) is 20.3. The largest absolute Gasteiger partial charge is 0.443 e. The third kappa shape index (κ3) is 3.80. The van der Waals surface area contributed by atoms with Crippen LogP contribution in [0.5, 0.6) is 0 Å². The average Bonchev–Trinajstić information content (AvgIpc) is 3.20. The van der Waals surface area contributed by atoms with Crippen molar-refractivity contribution in [3.05, 3.63) is 53.4 Å². The van der Waals surface area contributed by atoms with Crippen LogP contribution < -0.4 is 5.73 Å². The van der Waals surface area contributed by atoms with Crippen LogP contribution in [0.1, 0.15) is 33.9 Å². The molecule has 3 aromatic rings. The van der Waals surface area contributed by atoms with E-state index < -0.39 is 17.5 Å². The number of aromatic nitrogens is 4. The summed E-state index contributed by atoms with van der Waals surface area (Å²) in [6, 6.07) is 3.82. The maximum atomic E-state index is 13.0. The van der Waals surface area contributed by atoms with Gasteiger partial charge in [-0.3, -0.25) is 9.78 Å². The molecule has 0 saturated carbocycles. The normalized spacial score (nSPS) is 11.2. The first-order valence-electron chi connectivity index (χ1n) is 7.83. The first-order chi connectivity index (χ1) is 13.3. The Labute approximate surface area is 155 Å². The Hall–Kier alpha value is -3.81. The highest BCUT2D eigenvalue weighted by Gasteiger charge is 2.33. The number of nitrogens with zero attached hydrogens (tertiary/aromatic N) is 5. The molecule has 0 bridgehead atoms. The highest BCUT2D eigenvalue weighted by Crippen LogP contribution is 2.31. The van der Waals surface area contributed by atoms with Crippen molar-refractivity contribution in [3.63, 3.8) is 0 Å². The number of hydrogen-bond acceptors (Lipinski definition) is 8. The molecule has 3 rings (SSSR count). The Morgan fingerprint density at radius 1 is 1.25 bits per heavy atom. The highest BCUT2D eigenvalue weighted by atomic mass is 19.4. The molecule has 0 aliphatic carbocycles. The molecule has 0 saturated heterocycles. The van der Waals surface area contributed by atoms with Gasteiger partial charge >= 0.3 is 6.18 Å². The minimum absolute atomic E-state index is 0.00180. The summed E-state index contributed by atoms with van der Waals surface area (Å²) in [7, 11) is 0. The zero-order valence-corrected chi connectivity index (χ0v) is 14.1. The molecule has 8 nitrogen and oxygen atoms in total. The number of anilines is 1. The SMILES string of the molecule is N#Cc1nc(C(=O)CCc2ncccc2C(F)(F)F)c(N)nc1-c1ncco1. The van der Waals surface area contributed by atoms with Crippen LogP contribution >= 0.6 is 0 Å². The molecule has 0 aromatic carbocycles. The first kappa shape index (κ1) is 19.0. The minimum Gasteiger partial charge on any atom is -0.443 e. The Morgan fingerprint density at radius 3 is 2.68 bits per heavy atom. The molecule has 0 spiro atoms. The second kappa shape index (κ2) is 7.43. The van der Waals surface area contributed by atoms with Crippen molar-refractivity contribution in [1.82, 2.24) is 19.9 Å². The monoisotopic (exact) mass is 388 g/mol.